The molecule has 0 bridgehead atoms. The lowest BCUT2D eigenvalue weighted by molar-refractivity contribution is -0.870. The highest BCUT2D eigenvalue weighted by atomic mass is 31.2. The summed E-state index contributed by atoms with van der Waals surface area (Å²) in [6, 6.07) is 0. The van der Waals surface area contributed by atoms with Crippen molar-refractivity contribution in [2.45, 2.75) is 167 Å². The van der Waals surface area contributed by atoms with Gasteiger partial charge in [-0.1, -0.05) is 139 Å². The number of aliphatic hydroxyl groups excluding tert-OH is 3. The van der Waals surface area contributed by atoms with Gasteiger partial charge in [-0.05, 0) is 63.9 Å². The smallest absolute Gasteiger partial charge is 0.472 e. The van der Waals surface area contributed by atoms with E-state index in [0.29, 0.717) is 11.0 Å². The minimum absolute atomic E-state index is 0.0109. The van der Waals surface area contributed by atoms with Gasteiger partial charge < -0.3 is 34.2 Å². The largest absolute Gasteiger partial charge is 0.498 e. The quantitative estimate of drug-likeness (QED) is 0.00895. The first-order valence-corrected chi connectivity index (χ1v) is 23.5. The molecular formula is C46H83NO10P+. The number of hydrogen-bond donors (Lipinski definition) is 4. The minimum Gasteiger partial charge on any atom is -0.498 e. The van der Waals surface area contributed by atoms with E-state index in [1.165, 1.54) is 70.3 Å². The predicted molar refractivity (Wildman–Crippen MR) is 237 cm³/mol. The molecule has 0 aromatic rings. The Balaban J connectivity index is 4.66. The van der Waals surface area contributed by atoms with Gasteiger partial charge in [-0.25, -0.2) is 4.57 Å². The third-order valence-electron chi connectivity index (χ3n) is 9.17. The van der Waals surface area contributed by atoms with Crippen molar-refractivity contribution in [1.82, 2.24) is 0 Å². The maximum atomic E-state index is 12.7. The van der Waals surface area contributed by atoms with Gasteiger partial charge >= 0.3 is 13.8 Å². The molecule has 0 fully saturated rings. The van der Waals surface area contributed by atoms with E-state index in [4.69, 9.17) is 18.5 Å². The molecule has 0 saturated carbocycles. The van der Waals surface area contributed by atoms with Crippen LogP contribution in [0.3, 0.4) is 0 Å². The monoisotopic (exact) mass is 841 g/mol. The molecular weight excluding hydrogens is 757 g/mol. The van der Waals surface area contributed by atoms with Crippen molar-refractivity contribution in [2.24, 2.45) is 0 Å². The van der Waals surface area contributed by atoms with Crippen LogP contribution >= 0.6 is 7.82 Å². The van der Waals surface area contributed by atoms with Crippen LogP contribution in [0.25, 0.3) is 0 Å². The van der Waals surface area contributed by atoms with E-state index in [2.05, 4.69) is 26.0 Å². The standard InChI is InChI=1S/C46H82NO10P/c1-6-8-10-11-12-13-14-15-16-17-18-19-20-23-26-30-38-54-40-43(41-56-58(52,53)55-39-37-47(3,4)5)57-46(51)36-31-35-45(50)44(49)34-29-25-22-21-24-28-33-42(48)32-27-9-7-2/h13-14,21-22,24-25,28-30,33-34,38,42-45,48-50H,6-12,15-20,23,26-27,31-32,35-37,39-41H2,1-5H3/p+1/b14-13-,24-21-,25-22+,33-28+,34-29+,38-30+/t42-,43+,44-,45-/m0/s1. The zero-order valence-corrected chi connectivity index (χ0v) is 37.7. The number of ether oxygens (including phenoxy) is 2. The van der Waals surface area contributed by atoms with Crippen LogP contribution in [0.1, 0.15) is 142 Å². The summed E-state index contributed by atoms with van der Waals surface area (Å²) in [5.41, 5.74) is 0. The summed E-state index contributed by atoms with van der Waals surface area (Å²) in [6.07, 6.45) is 38.2. The van der Waals surface area contributed by atoms with Crippen LogP contribution in [0.5, 0.6) is 0 Å². The number of hydrogen-bond acceptors (Lipinski definition) is 9. The van der Waals surface area contributed by atoms with Crippen LogP contribution in [0.4, 0.5) is 0 Å². The molecule has 4 N–H and O–H groups in total. The highest BCUT2D eigenvalue weighted by Crippen LogP contribution is 2.43. The molecule has 336 valence electrons. The summed E-state index contributed by atoms with van der Waals surface area (Å²) in [4.78, 5) is 22.9. The van der Waals surface area contributed by atoms with Crippen LogP contribution < -0.4 is 0 Å². The first kappa shape index (κ1) is 55.7. The molecule has 0 aromatic heterocycles. The molecule has 5 atom stereocenters. The molecule has 58 heavy (non-hydrogen) atoms. The average Bonchev–Trinajstić information content (AvgIpc) is 3.16. The van der Waals surface area contributed by atoms with Crippen molar-refractivity contribution in [3.63, 3.8) is 0 Å². The second kappa shape index (κ2) is 37.6. The minimum atomic E-state index is -4.39. The van der Waals surface area contributed by atoms with E-state index in [-0.39, 0.29) is 32.5 Å². The van der Waals surface area contributed by atoms with Gasteiger partial charge in [0.15, 0.2) is 6.10 Å². The lowest BCUT2D eigenvalue weighted by Crippen LogP contribution is -2.37. The maximum Gasteiger partial charge on any atom is 0.472 e. The van der Waals surface area contributed by atoms with E-state index in [1.807, 2.05) is 33.3 Å². The number of nitrogens with zero attached hydrogens (tertiary/aromatic N) is 1. The number of unbranched alkanes of at least 4 members (excludes halogenated alkanes) is 13. The number of carbonyl (C=O) groups is 1. The van der Waals surface area contributed by atoms with Crippen molar-refractivity contribution in [3.05, 3.63) is 73.1 Å². The van der Waals surface area contributed by atoms with E-state index in [1.54, 1.807) is 42.7 Å². The molecule has 1 unspecified atom stereocenters. The Morgan fingerprint density at radius 1 is 0.655 bits per heavy atom. The summed E-state index contributed by atoms with van der Waals surface area (Å²) in [7, 11) is 1.40. The number of carbonyl (C=O) groups excluding carboxylic acids is 1. The summed E-state index contributed by atoms with van der Waals surface area (Å²) < 4.78 is 34.4. The average molecular weight is 841 g/mol. The fraction of sp³-hybridized carbons (Fsp3) is 0.717. The fourth-order valence-electron chi connectivity index (χ4n) is 5.54. The van der Waals surface area contributed by atoms with Gasteiger partial charge in [0, 0.05) is 6.42 Å². The summed E-state index contributed by atoms with van der Waals surface area (Å²) in [5.74, 6) is -0.590. The third-order valence-corrected chi connectivity index (χ3v) is 10.2. The molecule has 0 heterocycles. The lowest BCUT2D eigenvalue weighted by atomic mass is 10.1. The number of quaternary nitrogens is 1. The van der Waals surface area contributed by atoms with Crippen molar-refractivity contribution in [1.29, 1.82) is 0 Å². The predicted octanol–water partition coefficient (Wildman–Crippen LogP) is 9.97. The molecule has 0 aliphatic heterocycles. The van der Waals surface area contributed by atoms with Crippen molar-refractivity contribution in [2.75, 3.05) is 47.5 Å². The zero-order valence-electron chi connectivity index (χ0n) is 36.8. The van der Waals surface area contributed by atoms with Gasteiger partial charge in [-0.2, -0.15) is 0 Å². The Morgan fingerprint density at radius 3 is 1.83 bits per heavy atom. The normalized spacial score (nSPS) is 16.0. The first-order valence-electron chi connectivity index (χ1n) is 22.1. The topological polar surface area (TPSA) is 152 Å². The second-order valence-corrected chi connectivity index (χ2v) is 17.5. The van der Waals surface area contributed by atoms with Crippen LogP contribution in [0.2, 0.25) is 0 Å². The fourth-order valence-corrected chi connectivity index (χ4v) is 6.28. The molecule has 0 spiro atoms. The molecule has 0 amide bonds. The van der Waals surface area contributed by atoms with Gasteiger partial charge in [-0.15, -0.1) is 0 Å². The molecule has 0 aromatic carbocycles. The number of rotatable bonds is 39. The summed E-state index contributed by atoms with van der Waals surface area (Å²) >= 11 is 0. The highest BCUT2D eigenvalue weighted by Gasteiger charge is 2.26. The van der Waals surface area contributed by atoms with Gasteiger partial charge in [0.1, 0.15) is 19.8 Å². The van der Waals surface area contributed by atoms with Crippen LogP contribution in [0, 0.1) is 0 Å². The van der Waals surface area contributed by atoms with Crippen molar-refractivity contribution in [3.8, 4) is 0 Å². The number of phosphoric acid groups is 1. The van der Waals surface area contributed by atoms with Crippen LogP contribution in [-0.4, -0.2) is 103 Å². The number of phosphoric ester groups is 1. The highest BCUT2D eigenvalue weighted by molar-refractivity contribution is 7.47. The SMILES string of the molecule is CCCCCC/C=C\CCCCCCCC/C=C/OC[C@H](COP(=O)(O)OCC[N+](C)(C)C)OC(=O)CCC[C@H](O)[C@@H](O)/C=C/C=C/C=C\C=C\[C@@H](O)CCCCC. The van der Waals surface area contributed by atoms with Crippen molar-refractivity contribution >= 4 is 13.8 Å². The second-order valence-electron chi connectivity index (χ2n) is 16.0. The van der Waals surface area contributed by atoms with E-state index in [9.17, 15) is 29.6 Å². The Kier molecular flexibility index (Phi) is 36.1. The van der Waals surface area contributed by atoms with Crippen LogP contribution in [-0.2, 0) is 27.9 Å². The molecule has 11 nitrogen and oxygen atoms in total. The third kappa shape index (κ3) is 39.1. The Hall–Kier alpha value is -2.34. The van der Waals surface area contributed by atoms with Crippen molar-refractivity contribution < 1.29 is 52.6 Å². The van der Waals surface area contributed by atoms with Crippen LogP contribution in [0.15, 0.2) is 73.1 Å². The molecule has 12 heteroatoms. The van der Waals surface area contributed by atoms with E-state index < -0.39 is 44.8 Å². The summed E-state index contributed by atoms with van der Waals surface area (Å²) in [5, 5.41) is 30.6. The molecule has 0 saturated heterocycles. The Morgan fingerprint density at radius 2 is 1.21 bits per heavy atom. The number of aliphatic hydroxyl groups is 3. The molecule has 0 radical (unpaired) electrons. The van der Waals surface area contributed by atoms with Gasteiger partial charge in [-0.3, -0.25) is 13.8 Å². The van der Waals surface area contributed by atoms with Gasteiger partial charge in [0.05, 0.1) is 52.3 Å². The molecule has 0 rings (SSSR count). The van der Waals surface area contributed by atoms with E-state index >= 15 is 0 Å². The number of esters is 1. The lowest BCUT2D eigenvalue weighted by Gasteiger charge is -2.24. The molecule has 0 aliphatic rings. The van der Waals surface area contributed by atoms with E-state index in [0.717, 1.165) is 44.9 Å². The molecule has 0 aliphatic carbocycles. The zero-order chi connectivity index (χ0) is 43.2. The Bertz CT molecular complexity index is 1210. The number of allylic oxidation sites excluding steroid dienone is 9. The maximum absolute atomic E-state index is 12.7. The van der Waals surface area contributed by atoms with Gasteiger partial charge in [0.2, 0.25) is 0 Å². The first-order chi connectivity index (χ1) is 27.8. The summed E-state index contributed by atoms with van der Waals surface area (Å²) in [6.45, 7) is 4.38. The number of likely N-dealkylation sites (N-methyl/N-ethyl adjacent to an activating group) is 1. The van der Waals surface area contributed by atoms with Gasteiger partial charge in [0.25, 0.3) is 0 Å². The Labute approximate surface area is 352 Å².